The molecule has 0 unspecified atom stereocenters. The smallest absolute Gasteiger partial charge is 0.275 e. The Morgan fingerprint density at radius 2 is 1.77 bits per heavy atom. The SMILES string of the molecule is C[C@@H](NC(=O)C[NH2+]C1CCCCCCC1)c1ccc(Br)cc1. The number of hydrogen-bond donors (Lipinski definition) is 2. The molecule has 0 heterocycles. The van der Waals surface area contributed by atoms with E-state index in [4.69, 9.17) is 0 Å². The fourth-order valence-corrected chi connectivity index (χ4v) is 3.40. The van der Waals surface area contributed by atoms with Gasteiger partial charge in [0.1, 0.15) is 0 Å². The zero-order chi connectivity index (χ0) is 15.8. The van der Waals surface area contributed by atoms with E-state index in [0.717, 1.165) is 10.0 Å². The number of hydrogen-bond acceptors (Lipinski definition) is 1. The summed E-state index contributed by atoms with van der Waals surface area (Å²) < 4.78 is 1.06. The van der Waals surface area contributed by atoms with Gasteiger partial charge in [-0.1, -0.05) is 47.3 Å². The van der Waals surface area contributed by atoms with E-state index in [1.54, 1.807) is 0 Å². The van der Waals surface area contributed by atoms with Gasteiger partial charge < -0.3 is 10.6 Å². The van der Waals surface area contributed by atoms with Crippen LogP contribution in [0.25, 0.3) is 0 Å². The van der Waals surface area contributed by atoms with E-state index in [1.807, 2.05) is 31.2 Å². The molecule has 0 bridgehead atoms. The van der Waals surface area contributed by atoms with Crippen LogP contribution in [0.15, 0.2) is 28.7 Å². The highest BCUT2D eigenvalue weighted by Crippen LogP contribution is 2.16. The normalized spacial score (nSPS) is 18.3. The number of nitrogens with one attached hydrogen (secondary N) is 1. The van der Waals surface area contributed by atoms with Gasteiger partial charge in [0.05, 0.1) is 12.1 Å². The molecule has 3 N–H and O–H groups in total. The fourth-order valence-electron chi connectivity index (χ4n) is 3.13. The van der Waals surface area contributed by atoms with Gasteiger partial charge in [0.2, 0.25) is 0 Å². The Labute approximate surface area is 142 Å². The fraction of sp³-hybridized carbons (Fsp3) is 0.611. The second kappa shape index (κ2) is 9.31. The van der Waals surface area contributed by atoms with E-state index in [2.05, 4.69) is 26.6 Å². The Morgan fingerprint density at radius 3 is 2.41 bits per heavy atom. The first-order chi connectivity index (χ1) is 10.6. The van der Waals surface area contributed by atoms with Crippen LogP contribution in [0, 0.1) is 0 Å². The monoisotopic (exact) mass is 367 g/mol. The molecule has 0 saturated heterocycles. The highest BCUT2D eigenvalue weighted by atomic mass is 79.9. The van der Waals surface area contributed by atoms with Crippen LogP contribution in [-0.4, -0.2) is 18.5 Å². The van der Waals surface area contributed by atoms with Crippen LogP contribution < -0.4 is 10.6 Å². The zero-order valence-electron chi connectivity index (χ0n) is 13.5. The first-order valence-electron chi connectivity index (χ1n) is 8.53. The van der Waals surface area contributed by atoms with Crippen molar-refractivity contribution in [3.63, 3.8) is 0 Å². The van der Waals surface area contributed by atoms with E-state index in [-0.39, 0.29) is 11.9 Å². The average molecular weight is 368 g/mol. The Bertz CT molecular complexity index is 453. The largest absolute Gasteiger partial charge is 0.345 e. The number of carbonyl (C=O) groups excluding carboxylic acids is 1. The zero-order valence-corrected chi connectivity index (χ0v) is 15.1. The molecule has 3 nitrogen and oxygen atoms in total. The maximum absolute atomic E-state index is 12.1. The highest BCUT2D eigenvalue weighted by Gasteiger charge is 2.17. The molecule has 22 heavy (non-hydrogen) atoms. The second-order valence-electron chi connectivity index (χ2n) is 6.39. The predicted octanol–water partition coefficient (Wildman–Crippen LogP) is 3.30. The summed E-state index contributed by atoms with van der Waals surface area (Å²) >= 11 is 3.43. The van der Waals surface area contributed by atoms with Crippen LogP contribution >= 0.6 is 15.9 Å². The van der Waals surface area contributed by atoms with Crippen LogP contribution in [0.3, 0.4) is 0 Å². The van der Waals surface area contributed by atoms with Crippen LogP contribution in [-0.2, 0) is 4.79 Å². The molecular weight excluding hydrogens is 340 g/mol. The van der Waals surface area contributed by atoms with E-state index in [0.29, 0.717) is 12.6 Å². The van der Waals surface area contributed by atoms with Gasteiger partial charge in [-0.05, 0) is 50.3 Å². The van der Waals surface area contributed by atoms with Crippen molar-refractivity contribution in [1.29, 1.82) is 0 Å². The predicted molar refractivity (Wildman–Crippen MR) is 93.6 cm³/mol. The lowest BCUT2D eigenvalue weighted by Gasteiger charge is -2.19. The molecule has 1 aliphatic rings. The molecule has 0 aromatic heterocycles. The van der Waals surface area contributed by atoms with Gasteiger partial charge in [-0.25, -0.2) is 0 Å². The Morgan fingerprint density at radius 1 is 1.18 bits per heavy atom. The molecule has 1 saturated carbocycles. The first kappa shape index (κ1) is 17.5. The molecule has 2 rings (SSSR count). The van der Waals surface area contributed by atoms with Gasteiger partial charge >= 0.3 is 0 Å². The number of rotatable bonds is 5. The maximum atomic E-state index is 12.1. The van der Waals surface area contributed by atoms with Gasteiger partial charge in [0.15, 0.2) is 6.54 Å². The summed E-state index contributed by atoms with van der Waals surface area (Å²) in [6, 6.07) is 8.82. The average Bonchev–Trinajstić information content (AvgIpc) is 2.46. The van der Waals surface area contributed by atoms with Crippen molar-refractivity contribution in [2.75, 3.05) is 6.54 Å². The Kier molecular flexibility index (Phi) is 7.40. The summed E-state index contributed by atoms with van der Waals surface area (Å²) in [5.41, 5.74) is 1.14. The molecule has 1 aromatic carbocycles. The molecule has 1 fully saturated rings. The van der Waals surface area contributed by atoms with Gasteiger partial charge in [0.25, 0.3) is 5.91 Å². The minimum atomic E-state index is 0.0614. The summed E-state index contributed by atoms with van der Waals surface area (Å²) in [4.78, 5) is 12.1. The van der Waals surface area contributed by atoms with Gasteiger partial charge in [-0.2, -0.15) is 0 Å². The summed E-state index contributed by atoms with van der Waals surface area (Å²) in [7, 11) is 0. The summed E-state index contributed by atoms with van der Waals surface area (Å²) in [6.07, 6.45) is 9.26. The lowest BCUT2D eigenvalue weighted by Crippen LogP contribution is -2.92. The topological polar surface area (TPSA) is 45.7 Å². The quantitative estimate of drug-likeness (QED) is 0.823. The highest BCUT2D eigenvalue weighted by molar-refractivity contribution is 9.10. The third kappa shape index (κ3) is 6.09. The molecule has 0 aliphatic heterocycles. The van der Waals surface area contributed by atoms with Crippen LogP contribution in [0.1, 0.15) is 63.5 Å². The lowest BCUT2D eigenvalue weighted by molar-refractivity contribution is -0.680. The maximum Gasteiger partial charge on any atom is 0.275 e. The van der Waals surface area contributed by atoms with Crippen molar-refractivity contribution >= 4 is 21.8 Å². The second-order valence-corrected chi connectivity index (χ2v) is 7.30. The van der Waals surface area contributed by atoms with E-state index >= 15 is 0 Å². The number of benzene rings is 1. The van der Waals surface area contributed by atoms with E-state index in [9.17, 15) is 4.79 Å². The van der Waals surface area contributed by atoms with Crippen molar-refractivity contribution in [1.82, 2.24) is 5.32 Å². The molecule has 1 amide bonds. The van der Waals surface area contributed by atoms with E-state index in [1.165, 1.54) is 44.9 Å². The number of halogens is 1. The van der Waals surface area contributed by atoms with Crippen molar-refractivity contribution in [3.05, 3.63) is 34.3 Å². The van der Waals surface area contributed by atoms with Crippen molar-refractivity contribution in [2.24, 2.45) is 0 Å². The van der Waals surface area contributed by atoms with Crippen LogP contribution in [0.2, 0.25) is 0 Å². The molecule has 0 radical (unpaired) electrons. The summed E-state index contributed by atoms with van der Waals surface area (Å²) in [5, 5.41) is 5.34. The molecule has 122 valence electrons. The van der Waals surface area contributed by atoms with Gasteiger partial charge in [-0.15, -0.1) is 0 Å². The van der Waals surface area contributed by atoms with Gasteiger partial charge in [-0.3, -0.25) is 4.79 Å². The number of carbonyl (C=O) groups is 1. The third-order valence-corrected chi connectivity index (χ3v) is 5.06. The minimum Gasteiger partial charge on any atom is -0.345 e. The van der Waals surface area contributed by atoms with Crippen LogP contribution in [0.5, 0.6) is 0 Å². The van der Waals surface area contributed by atoms with E-state index < -0.39 is 0 Å². The van der Waals surface area contributed by atoms with Crippen molar-refractivity contribution < 1.29 is 10.1 Å². The summed E-state index contributed by atoms with van der Waals surface area (Å²) in [5.74, 6) is 0.137. The molecular formula is C18H28BrN2O+. The molecule has 1 aromatic rings. The number of amides is 1. The molecule has 1 atom stereocenters. The summed E-state index contributed by atoms with van der Waals surface area (Å²) in [6.45, 7) is 2.59. The third-order valence-electron chi connectivity index (χ3n) is 4.53. The standard InChI is InChI=1S/C18H27BrN2O/c1-14(15-9-11-16(19)12-10-15)21-18(22)13-20-17-7-5-3-2-4-6-8-17/h9-12,14,17,20H,2-8,13H2,1H3,(H,21,22)/p+1/t14-/m1/s1. The Balaban J connectivity index is 1.73. The Hall–Kier alpha value is -0.870. The molecule has 1 aliphatic carbocycles. The van der Waals surface area contributed by atoms with Crippen molar-refractivity contribution in [3.8, 4) is 0 Å². The van der Waals surface area contributed by atoms with Gasteiger partial charge in [0, 0.05) is 4.47 Å². The number of quaternary nitrogens is 1. The number of nitrogens with two attached hydrogens (primary N) is 1. The minimum absolute atomic E-state index is 0.0614. The van der Waals surface area contributed by atoms with Crippen LogP contribution in [0.4, 0.5) is 0 Å². The lowest BCUT2D eigenvalue weighted by atomic mass is 9.97. The first-order valence-corrected chi connectivity index (χ1v) is 9.32. The molecule has 0 spiro atoms. The van der Waals surface area contributed by atoms with Crippen molar-refractivity contribution in [2.45, 2.75) is 64.0 Å². The molecule has 4 heteroatoms.